The van der Waals surface area contributed by atoms with Crippen LogP contribution >= 0.6 is 23.2 Å². The van der Waals surface area contributed by atoms with Crippen LogP contribution in [-0.2, 0) is 36.1 Å². The highest BCUT2D eigenvalue weighted by atomic mass is 35.5. The van der Waals surface area contributed by atoms with E-state index in [4.69, 9.17) is 42.1 Å². The number of nitrogens with zero attached hydrogens (tertiary/aromatic N) is 6. The first-order valence-electron chi connectivity index (χ1n) is 17.9. The highest BCUT2D eigenvalue weighted by molar-refractivity contribution is 6.58. The number of halogens is 3. The zero-order chi connectivity index (χ0) is 41.6. The van der Waals surface area contributed by atoms with Crippen LogP contribution in [0.15, 0.2) is 74.6 Å². The molecule has 2 aromatic heterocycles. The highest BCUT2D eigenvalue weighted by Crippen LogP contribution is 2.65. The van der Waals surface area contributed by atoms with E-state index in [9.17, 15) is 33.5 Å². The van der Waals surface area contributed by atoms with Gasteiger partial charge in [-0.2, -0.15) is 0 Å². The molecule has 0 spiro atoms. The Morgan fingerprint density at radius 1 is 0.879 bits per heavy atom. The minimum atomic E-state index is -2.36. The number of methoxy groups -OCH3 is 4. The Morgan fingerprint density at radius 3 is 2.21 bits per heavy atom. The Kier molecular flexibility index (Phi) is 9.23. The molecule has 4 unspecified atom stereocenters. The van der Waals surface area contributed by atoms with E-state index in [-0.39, 0.29) is 48.0 Å². The fourth-order valence-electron chi connectivity index (χ4n) is 8.47. The minimum absolute atomic E-state index is 0.0151. The number of carbonyl (C=O) groups excluding carboxylic acids is 2. The number of fused-ring (bicyclic) bond motifs is 5. The third kappa shape index (κ3) is 5.32. The fourth-order valence-corrected chi connectivity index (χ4v) is 9.37. The van der Waals surface area contributed by atoms with Gasteiger partial charge in [-0.05, 0) is 29.8 Å². The molecule has 0 bridgehead atoms. The minimum Gasteiger partial charge on any atom is -0.507 e. The number of carbonyl (C=O) groups is 2. The van der Waals surface area contributed by atoms with Crippen LogP contribution in [0.5, 0.6) is 28.7 Å². The van der Waals surface area contributed by atoms with Gasteiger partial charge in [0.15, 0.2) is 21.2 Å². The highest BCUT2D eigenvalue weighted by Gasteiger charge is 2.76. The molecule has 3 aromatic carbocycles. The van der Waals surface area contributed by atoms with Gasteiger partial charge in [-0.1, -0.05) is 6.08 Å². The SMILES string of the molecule is COc1cc(O)c(C2C3=CCn4c(=O)n(CCc5nc6cc(OC)c(OC)cc6n(C)c5=O)c(=O)n4C3CC3(Cl)C(=O)N(c4ccc(F)cc4)C(=O)C23Cl)c(OC)c1. The number of amides is 2. The van der Waals surface area contributed by atoms with Gasteiger partial charge in [-0.3, -0.25) is 14.4 Å². The van der Waals surface area contributed by atoms with Crippen LogP contribution in [-0.4, -0.2) is 78.6 Å². The Hall–Kier alpha value is -6.07. The summed E-state index contributed by atoms with van der Waals surface area (Å²) in [5, 5.41) is 11.6. The molecule has 16 nitrogen and oxygen atoms in total. The molecule has 19 heteroatoms. The van der Waals surface area contributed by atoms with E-state index in [2.05, 4.69) is 4.98 Å². The first-order chi connectivity index (χ1) is 27.6. The van der Waals surface area contributed by atoms with E-state index >= 15 is 0 Å². The summed E-state index contributed by atoms with van der Waals surface area (Å²) in [5.74, 6) is -3.40. The van der Waals surface area contributed by atoms with Gasteiger partial charge in [0.2, 0.25) is 0 Å². The van der Waals surface area contributed by atoms with Crippen molar-refractivity contribution in [2.75, 3.05) is 33.3 Å². The van der Waals surface area contributed by atoms with Gasteiger partial charge in [0, 0.05) is 62.2 Å². The smallest absolute Gasteiger partial charge is 0.347 e. The van der Waals surface area contributed by atoms with Gasteiger partial charge in [0.05, 0.1) is 57.7 Å². The molecule has 1 saturated carbocycles. The maximum atomic E-state index is 14.7. The molecule has 1 aliphatic carbocycles. The fraction of sp³-hybridized carbons (Fsp3) is 0.333. The molecule has 2 fully saturated rings. The van der Waals surface area contributed by atoms with E-state index in [0.717, 1.165) is 26.3 Å². The summed E-state index contributed by atoms with van der Waals surface area (Å²) in [6, 6.07) is 9.37. The molecule has 4 atom stereocenters. The number of hydrogen-bond donors (Lipinski definition) is 1. The third-order valence-electron chi connectivity index (χ3n) is 11.3. The number of rotatable bonds is 9. The van der Waals surface area contributed by atoms with E-state index in [1.807, 2.05) is 0 Å². The van der Waals surface area contributed by atoms with Crippen molar-refractivity contribution < 1.29 is 38.0 Å². The van der Waals surface area contributed by atoms with E-state index in [1.54, 1.807) is 25.3 Å². The summed E-state index contributed by atoms with van der Waals surface area (Å²) >= 11 is 14.9. The number of hydrogen-bond acceptors (Lipinski definition) is 11. The number of aromatic nitrogens is 5. The maximum Gasteiger partial charge on any atom is 0.347 e. The molecular weight excluding hydrogens is 802 g/mol. The van der Waals surface area contributed by atoms with Gasteiger partial charge in [0.25, 0.3) is 17.4 Å². The molecule has 1 saturated heterocycles. The molecule has 2 amide bonds. The standard InChI is InChI=1S/C39H35Cl2FN6O10/c1-44-25-17-29(57-4)28(56-3)16-24(25)43-23(33(44)50)11-12-45-36(53)46-13-10-22-26(48(46)37(45)54)18-38(40)34(51)47(20-8-6-19(42)7-9-20)35(52)39(38,41)32(22)31-27(49)14-21(55-2)15-30(31)58-5/h6-10,14-17,26,32,49H,11-13,18H2,1-5H3. The summed E-state index contributed by atoms with van der Waals surface area (Å²) in [6.07, 6.45) is 1.03. The van der Waals surface area contributed by atoms with Gasteiger partial charge < -0.3 is 28.6 Å². The van der Waals surface area contributed by atoms with Crippen molar-refractivity contribution in [2.45, 2.75) is 47.6 Å². The Balaban J connectivity index is 1.26. The molecule has 5 aromatic rings. The molecule has 1 N–H and O–H groups in total. The zero-order valence-corrected chi connectivity index (χ0v) is 33.1. The van der Waals surface area contributed by atoms with Crippen LogP contribution in [0.2, 0.25) is 0 Å². The lowest BCUT2D eigenvalue weighted by atomic mass is 9.64. The molecular formula is C39H35Cl2FN6O10. The maximum absolute atomic E-state index is 14.7. The number of imide groups is 1. The normalized spacial score (nSPS) is 22.3. The number of anilines is 1. The van der Waals surface area contributed by atoms with Crippen LogP contribution in [0.4, 0.5) is 10.1 Å². The van der Waals surface area contributed by atoms with E-state index in [0.29, 0.717) is 28.1 Å². The Labute approximate surface area is 337 Å². The molecule has 8 rings (SSSR count). The van der Waals surface area contributed by atoms with Gasteiger partial charge >= 0.3 is 11.4 Å². The second-order valence-corrected chi connectivity index (χ2v) is 15.3. The Morgan fingerprint density at radius 2 is 1.55 bits per heavy atom. The summed E-state index contributed by atoms with van der Waals surface area (Å²) in [7, 11) is 7.19. The number of ether oxygens (including phenoxy) is 4. The first kappa shape index (κ1) is 38.8. The summed E-state index contributed by atoms with van der Waals surface area (Å²) in [6.45, 7) is -0.447. The first-order valence-corrected chi connectivity index (χ1v) is 18.6. The number of benzene rings is 3. The lowest BCUT2D eigenvalue weighted by Gasteiger charge is -2.49. The van der Waals surface area contributed by atoms with Crippen LogP contribution in [0, 0.1) is 5.82 Å². The molecule has 58 heavy (non-hydrogen) atoms. The second-order valence-electron chi connectivity index (χ2n) is 14.1. The zero-order valence-electron chi connectivity index (χ0n) is 31.6. The number of allylic oxidation sites excluding steroid dienone is 2. The number of phenols is 1. The number of aryl methyl sites for hydroxylation is 2. The molecule has 3 aliphatic rings. The van der Waals surface area contributed by atoms with Crippen molar-refractivity contribution in [1.29, 1.82) is 0 Å². The summed E-state index contributed by atoms with van der Waals surface area (Å²) in [5.41, 5.74) is -0.780. The lowest BCUT2D eigenvalue weighted by Crippen LogP contribution is -2.59. The molecule has 4 heterocycles. The summed E-state index contributed by atoms with van der Waals surface area (Å²) in [4.78, 5) is 71.9. The quantitative estimate of drug-likeness (QED) is 0.131. The predicted molar refractivity (Wildman–Crippen MR) is 208 cm³/mol. The van der Waals surface area contributed by atoms with Gasteiger partial charge in [-0.15, -0.1) is 23.2 Å². The lowest BCUT2D eigenvalue weighted by molar-refractivity contribution is -0.122. The summed E-state index contributed by atoms with van der Waals surface area (Å²) < 4.78 is 40.5. The van der Waals surface area contributed by atoms with Crippen molar-refractivity contribution in [2.24, 2.45) is 7.05 Å². The number of phenolic OH excluding ortho intramolecular Hbond substituents is 1. The third-order valence-corrected chi connectivity index (χ3v) is 12.7. The largest absolute Gasteiger partial charge is 0.507 e. The van der Waals surface area contributed by atoms with Gasteiger partial charge in [-0.25, -0.2) is 37.8 Å². The van der Waals surface area contributed by atoms with Crippen LogP contribution in [0.25, 0.3) is 11.0 Å². The van der Waals surface area contributed by atoms with Crippen molar-refractivity contribution in [1.82, 2.24) is 23.5 Å². The number of alkyl halides is 2. The van der Waals surface area contributed by atoms with Crippen LogP contribution in [0.3, 0.4) is 0 Å². The number of aromatic hydroxyl groups is 1. The van der Waals surface area contributed by atoms with Crippen molar-refractivity contribution in [3.05, 3.63) is 109 Å². The van der Waals surface area contributed by atoms with Crippen molar-refractivity contribution in [3.63, 3.8) is 0 Å². The average molecular weight is 838 g/mol. The van der Waals surface area contributed by atoms with Gasteiger partial charge in [0.1, 0.15) is 28.8 Å². The Bertz CT molecular complexity index is 2800. The molecule has 302 valence electrons. The predicted octanol–water partition coefficient (Wildman–Crippen LogP) is 3.38. The van der Waals surface area contributed by atoms with Crippen molar-refractivity contribution >= 4 is 51.7 Å². The van der Waals surface area contributed by atoms with Crippen LogP contribution < -0.4 is 40.8 Å². The second kappa shape index (κ2) is 13.8. The van der Waals surface area contributed by atoms with Crippen LogP contribution in [0.1, 0.15) is 29.6 Å². The topological polar surface area (TPSA) is 178 Å². The van der Waals surface area contributed by atoms with E-state index in [1.165, 1.54) is 62.0 Å². The monoisotopic (exact) mass is 836 g/mol. The molecule has 2 aliphatic heterocycles. The molecule has 0 radical (unpaired) electrons. The average Bonchev–Trinajstić information content (AvgIpc) is 3.55. The van der Waals surface area contributed by atoms with E-state index < -0.39 is 68.4 Å². The van der Waals surface area contributed by atoms with Crippen molar-refractivity contribution in [3.8, 4) is 28.7 Å².